The van der Waals surface area contributed by atoms with Gasteiger partial charge in [0.15, 0.2) is 0 Å². The number of nitrogens with one attached hydrogen (secondary N) is 1. The van der Waals surface area contributed by atoms with Gasteiger partial charge in [0.2, 0.25) is 0 Å². The minimum atomic E-state index is 0.0628. The minimum absolute atomic E-state index is 0.0628. The van der Waals surface area contributed by atoms with Crippen molar-refractivity contribution >= 4 is 0 Å². The number of hydrogen-bond acceptors (Lipinski definition) is 3. The fourth-order valence-corrected chi connectivity index (χ4v) is 1.88. The molecule has 4 nitrogen and oxygen atoms in total. The van der Waals surface area contributed by atoms with Gasteiger partial charge in [-0.25, -0.2) is 0 Å². The van der Waals surface area contributed by atoms with Gasteiger partial charge in [0.1, 0.15) is 11.8 Å². The Morgan fingerprint density at radius 2 is 2.38 bits per heavy atom. The van der Waals surface area contributed by atoms with Gasteiger partial charge in [-0.15, -0.1) is 0 Å². The molecule has 0 amide bonds. The molecule has 0 saturated heterocycles. The zero-order valence-corrected chi connectivity index (χ0v) is 9.90. The molecule has 0 saturated carbocycles. The largest absolute Gasteiger partial charge is 0.467 e. The van der Waals surface area contributed by atoms with Crippen LogP contribution in [0.4, 0.5) is 0 Å². The van der Waals surface area contributed by atoms with E-state index < -0.39 is 0 Å². The lowest BCUT2D eigenvalue weighted by molar-refractivity contribution is 0.449. The van der Waals surface area contributed by atoms with Crippen LogP contribution in [0.1, 0.15) is 30.1 Å². The third kappa shape index (κ3) is 1.88. The average molecular weight is 219 g/mol. The van der Waals surface area contributed by atoms with Crippen LogP contribution in [0.25, 0.3) is 0 Å². The molecule has 0 aliphatic carbocycles. The molecule has 1 N–H and O–H groups in total. The fraction of sp³-hybridized carbons (Fsp3) is 0.417. The highest BCUT2D eigenvalue weighted by Gasteiger charge is 2.18. The van der Waals surface area contributed by atoms with Crippen molar-refractivity contribution in [3.63, 3.8) is 0 Å². The van der Waals surface area contributed by atoms with Gasteiger partial charge in [-0.2, -0.15) is 5.10 Å². The third-order valence-electron chi connectivity index (χ3n) is 2.74. The van der Waals surface area contributed by atoms with Crippen LogP contribution in [0, 0.1) is 0 Å². The Labute approximate surface area is 95.3 Å². The van der Waals surface area contributed by atoms with Gasteiger partial charge >= 0.3 is 0 Å². The smallest absolute Gasteiger partial charge is 0.126 e. The average Bonchev–Trinajstić information content (AvgIpc) is 2.91. The maximum atomic E-state index is 5.44. The van der Waals surface area contributed by atoms with E-state index in [0.29, 0.717) is 0 Å². The molecule has 0 aromatic carbocycles. The molecular weight excluding hydrogens is 202 g/mol. The zero-order chi connectivity index (χ0) is 11.5. The highest BCUT2D eigenvalue weighted by atomic mass is 16.3. The van der Waals surface area contributed by atoms with Crippen LogP contribution in [0.15, 0.2) is 28.9 Å². The molecule has 0 bridgehead atoms. The molecule has 0 spiro atoms. The fourth-order valence-electron chi connectivity index (χ4n) is 1.88. The first-order valence-corrected chi connectivity index (χ1v) is 5.49. The molecule has 2 aromatic heterocycles. The second kappa shape index (κ2) is 4.53. The second-order valence-electron chi connectivity index (χ2n) is 3.77. The molecule has 16 heavy (non-hydrogen) atoms. The molecule has 2 aromatic rings. The summed E-state index contributed by atoms with van der Waals surface area (Å²) in [6.07, 6.45) is 2.64. The predicted molar refractivity (Wildman–Crippen MR) is 62.2 cm³/mol. The van der Waals surface area contributed by atoms with Crippen molar-refractivity contribution in [1.29, 1.82) is 0 Å². The van der Waals surface area contributed by atoms with Crippen molar-refractivity contribution in [3.05, 3.63) is 41.6 Å². The van der Waals surface area contributed by atoms with Gasteiger partial charge in [0.05, 0.1) is 17.7 Å². The maximum Gasteiger partial charge on any atom is 0.126 e. The Morgan fingerprint density at radius 3 is 2.88 bits per heavy atom. The van der Waals surface area contributed by atoms with Crippen LogP contribution in [-0.4, -0.2) is 16.8 Å². The van der Waals surface area contributed by atoms with Crippen molar-refractivity contribution < 1.29 is 4.42 Å². The quantitative estimate of drug-likeness (QED) is 0.853. The maximum absolute atomic E-state index is 5.44. The van der Waals surface area contributed by atoms with Crippen molar-refractivity contribution in [3.8, 4) is 0 Å². The van der Waals surface area contributed by atoms with Crippen LogP contribution >= 0.6 is 0 Å². The van der Waals surface area contributed by atoms with Crippen molar-refractivity contribution in [2.45, 2.75) is 19.4 Å². The molecule has 86 valence electrons. The topological polar surface area (TPSA) is 43.0 Å². The summed E-state index contributed by atoms with van der Waals surface area (Å²) >= 11 is 0. The molecular formula is C12H17N3O. The normalized spacial score (nSPS) is 12.9. The molecule has 1 atom stereocenters. The van der Waals surface area contributed by atoms with E-state index in [1.165, 1.54) is 0 Å². The summed E-state index contributed by atoms with van der Waals surface area (Å²) in [6.45, 7) is 2.10. The standard InChI is InChI=1S/C12H17N3O/c1-4-9-8-10(15(3)14-9)12(13-2)11-6-5-7-16-11/h5-8,12-13H,4H2,1-3H3. The predicted octanol–water partition coefficient (Wildman–Crippen LogP) is 1.88. The lowest BCUT2D eigenvalue weighted by Crippen LogP contribution is -2.19. The number of aryl methyl sites for hydroxylation is 2. The minimum Gasteiger partial charge on any atom is -0.467 e. The molecule has 0 aliphatic rings. The van der Waals surface area contributed by atoms with E-state index in [-0.39, 0.29) is 6.04 Å². The van der Waals surface area contributed by atoms with Crippen LogP contribution in [0.5, 0.6) is 0 Å². The van der Waals surface area contributed by atoms with Gasteiger partial charge in [0, 0.05) is 7.05 Å². The van der Waals surface area contributed by atoms with Crippen molar-refractivity contribution in [2.24, 2.45) is 7.05 Å². The number of furan rings is 1. The van der Waals surface area contributed by atoms with Crippen LogP contribution < -0.4 is 5.32 Å². The number of nitrogens with zero attached hydrogens (tertiary/aromatic N) is 2. The zero-order valence-electron chi connectivity index (χ0n) is 9.90. The highest BCUT2D eigenvalue weighted by Crippen LogP contribution is 2.22. The first-order chi connectivity index (χ1) is 7.76. The van der Waals surface area contributed by atoms with Gasteiger partial charge in [0.25, 0.3) is 0 Å². The Morgan fingerprint density at radius 1 is 1.56 bits per heavy atom. The number of hydrogen-bond donors (Lipinski definition) is 1. The monoisotopic (exact) mass is 219 g/mol. The molecule has 0 radical (unpaired) electrons. The molecule has 1 unspecified atom stereocenters. The van der Waals surface area contributed by atoms with E-state index in [0.717, 1.165) is 23.6 Å². The lowest BCUT2D eigenvalue weighted by atomic mass is 10.1. The van der Waals surface area contributed by atoms with Crippen LogP contribution in [0.3, 0.4) is 0 Å². The van der Waals surface area contributed by atoms with E-state index in [1.807, 2.05) is 30.9 Å². The SMILES string of the molecule is CCc1cc(C(NC)c2ccco2)n(C)n1. The summed E-state index contributed by atoms with van der Waals surface area (Å²) in [5.74, 6) is 0.910. The van der Waals surface area contributed by atoms with E-state index >= 15 is 0 Å². The van der Waals surface area contributed by atoms with Crippen LogP contribution in [0.2, 0.25) is 0 Å². The molecule has 2 heterocycles. The molecule has 0 aliphatic heterocycles. The number of aromatic nitrogens is 2. The summed E-state index contributed by atoms with van der Waals surface area (Å²) in [5.41, 5.74) is 2.22. The van der Waals surface area contributed by atoms with Gasteiger partial charge in [-0.1, -0.05) is 6.92 Å². The summed E-state index contributed by atoms with van der Waals surface area (Å²) in [5, 5.41) is 7.69. The van der Waals surface area contributed by atoms with Gasteiger partial charge < -0.3 is 9.73 Å². The van der Waals surface area contributed by atoms with E-state index in [2.05, 4.69) is 23.4 Å². The summed E-state index contributed by atoms with van der Waals surface area (Å²) in [6, 6.07) is 6.05. The Balaban J connectivity index is 2.37. The van der Waals surface area contributed by atoms with Gasteiger partial charge in [-0.3, -0.25) is 4.68 Å². The molecule has 4 heteroatoms. The molecule has 0 fully saturated rings. The third-order valence-corrected chi connectivity index (χ3v) is 2.74. The number of rotatable bonds is 4. The summed E-state index contributed by atoms with van der Waals surface area (Å²) in [7, 11) is 3.88. The lowest BCUT2D eigenvalue weighted by Gasteiger charge is -2.13. The first-order valence-electron chi connectivity index (χ1n) is 5.49. The van der Waals surface area contributed by atoms with Gasteiger partial charge in [-0.05, 0) is 31.7 Å². The van der Waals surface area contributed by atoms with E-state index in [9.17, 15) is 0 Å². The Bertz CT molecular complexity index is 445. The Kier molecular flexibility index (Phi) is 3.10. The van der Waals surface area contributed by atoms with Crippen molar-refractivity contribution in [2.75, 3.05) is 7.05 Å². The second-order valence-corrected chi connectivity index (χ2v) is 3.77. The van der Waals surface area contributed by atoms with Crippen molar-refractivity contribution in [1.82, 2.24) is 15.1 Å². The summed E-state index contributed by atoms with van der Waals surface area (Å²) < 4.78 is 7.34. The Hall–Kier alpha value is -1.55. The first kappa shape index (κ1) is 11.0. The summed E-state index contributed by atoms with van der Waals surface area (Å²) in [4.78, 5) is 0. The highest BCUT2D eigenvalue weighted by molar-refractivity contribution is 5.22. The molecule has 2 rings (SSSR count). The van der Waals surface area contributed by atoms with E-state index in [1.54, 1.807) is 6.26 Å². The van der Waals surface area contributed by atoms with E-state index in [4.69, 9.17) is 4.42 Å². The van der Waals surface area contributed by atoms with Crippen LogP contribution in [-0.2, 0) is 13.5 Å².